The lowest BCUT2D eigenvalue weighted by atomic mass is 9.73. The van der Waals surface area contributed by atoms with Crippen LogP contribution >= 0.6 is 0 Å². The van der Waals surface area contributed by atoms with Crippen molar-refractivity contribution in [2.75, 3.05) is 0 Å². The van der Waals surface area contributed by atoms with Gasteiger partial charge in [0.15, 0.2) is 0 Å². The molecule has 0 heteroatoms. The standard InChI is InChI=1S/C13H24/c1-10(2)13(12-8-9-12)11-6-4-3-5-7-11/h10-13H,3-9H2,1-2H3. The second-order valence-electron chi connectivity index (χ2n) is 5.56. The van der Waals surface area contributed by atoms with E-state index in [0.717, 1.165) is 23.7 Å². The molecule has 0 aromatic rings. The smallest absolute Gasteiger partial charge is 0.0334 e. The molecule has 0 radical (unpaired) electrons. The Morgan fingerprint density at radius 3 is 1.77 bits per heavy atom. The lowest BCUT2D eigenvalue weighted by molar-refractivity contribution is 0.172. The highest BCUT2D eigenvalue weighted by molar-refractivity contribution is 4.88. The van der Waals surface area contributed by atoms with E-state index in [2.05, 4.69) is 13.8 Å². The van der Waals surface area contributed by atoms with Crippen LogP contribution in [0.1, 0.15) is 58.8 Å². The van der Waals surface area contributed by atoms with Crippen LogP contribution < -0.4 is 0 Å². The molecule has 2 saturated carbocycles. The molecular weight excluding hydrogens is 156 g/mol. The fraction of sp³-hybridized carbons (Fsp3) is 1.00. The predicted octanol–water partition coefficient (Wildman–Crippen LogP) is 4.25. The van der Waals surface area contributed by atoms with Gasteiger partial charge in [-0.05, 0) is 36.5 Å². The van der Waals surface area contributed by atoms with E-state index in [4.69, 9.17) is 0 Å². The molecule has 0 N–H and O–H groups in total. The lowest BCUT2D eigenvalue weighted by Gasteiger charge is -2.33. The van der Waals surface area contributed by atoms with Crippen molar-refractivity contribution in [3.8, 4) is 0 Å². The summed E-state index contributed by atoms with van der Waals surface area (Å²) in [6.45, 7) is 4.88. The van der Waals surface area contributed by atoms with Gasteiger partial charge in [0.1, 0.15) is 0 Å². The van der Waals surface area contributed by atoms with Gasteiger partial charge >= 0.3 is 0 Å². The molecule has 2 aliphatic rings. The van der Waals surface area contributed by atoms with Gasteiger partial charge in [0.2, 0.25) is 0 Å². The average Bonchev–Trinajstić information content (AvgIpc) is 2.90. The molecule has 0 saturated heterocycles. The third-order valence-corrected chi connectivity index (χ3v) is 4.13. The van der Waals surface area contributed by atoms with Gasteiger partial charge in [-0.15, -0.1) is 0 Å². The number of hydrogen-bond acceptors (Lipinski definition) is 0. The second kappa shape index (κ2) is 4.02. The van der Waals surface area contributed by atoms with Crippen molar-refractivity contribution in [1.29, 1.82) is 0 Å². The molecule has 0 aliphatic heterocycles. The molecule has 1 unspecified atom stereocenters. The summed E-state index contributed by atoms with van der Waals surface area (Å²) in [5, 5.41) is 0. The van der Waals surface area contributed by atoms with Gasteiger partial charge in [-0.25, -0.2) is 0 Å². The molecule has 0 spiro atoms. The Labute approximate surface area is 83.1 Å². The first-order valence-corrected chi connectivity index (χ1v) is 6.29. The van der Waals surface area contributed by atoms with E-state index >= 15 is 0 Å². The highest BCUT2D eigenvalue weighted by Gasteiger charge is 2.38. The fourth-order valence-electron chi connectivity index (χ4n) is 3.47. The summed E-state index contributed by atoms with van der Waals surface area (Å²) in [4.78, 5) is 0. The topological polar surface area (TPSA) is 0 Å². The number of hydrogen-bond donors (Lipinski definition) is 0. The Kier molecular flexibility index (Phi) is 2.96. The summed E-state index contributed by atoms with van der Waals surface area (Å²) < 4.78 is 0. The SMILES string of the molecule is CC(C)C(C1CCCCC1)C1CC1. The van der Waals surface area contributed by atoms with Gasteiger partial charge in [-0.2, -0.15) is 0 Å². The largest absolute Gasteiger partial charge is 0.0625 e. The fourth-order valence-corrected chi connectivity index (χ4v) is 3.47. The molecule has 0 amide bonds. The predicted molar refractivity (Wildman–Crippen MR) is 57.6 cm³/mol. The Morgan fingerprint density at radius 1 is 0.769 bits per heavy atom. The summed E-state index contributed by atoms with van der Waals surface area (Å²) >= 11 is 0. The van der Waals surface area contributed by atoms with Gasteiger partial charge in [-0.3, -0.25) is 0 Å². The van der Waals surface area contributed by atoms with E-state index in [9.17, 15) is 0 Å². The molecule has 13 heavy (non-hydrogen) atoms. The summed E-state index contributed by atoms with van der Waals surface area (Å²) in [5.74, 6) is 4.25. The highest BCUT2D eigenvalue weighted by Crippen LogP contribution is 2.48. The van der Waals surface area contributed by atoms with Crippen LogP contribution in [0.5, 0.6) is 0 Å². The zero-order valence-electron chi connectivity index (χ0n) is 9.26. The minimum atomic E-state index is 0.940. The summed E-state index contributed by atoms with van der Waals surface area (Å²) in [6.07, 6.45) is 10.7. The zero-order valence-corrected chi connectivity index (χ0v) is 9.26. The zero-order chi connectivity index (χ0) is 9.26. The molecule has 0 aromatic carbocycles. The van der Waals surface area contributed by atoms with Crippen molar-refractivity contribution in [2.45, 2.75) is 58.8 Å². The van der Waals surface area contributed by atoms with Gasteiger partial charge in [0.25, 0.3) is 0 Å². The maximum absolute atomic E-state index is 2.44. The van der Waals surface area contributed by atoms with Crippen molar-refractivity contribution < 1.29 is 0 Å². The van der Waals surface area contributed by atoms with E-state index in [1.165, 1.54) is 19.3 Å². The number of rotatable bonds is 3. The molecule has 2 aliphatic carbocycles. The third-order valence-electron chi connectivity index (χ3n) is 4.13. The minimum Gasteiger partial charge on any atom is -0.0625 e. The van der Waals surface area contributed by atoms with Crippen molar-refractivity contribution >= 4 is 0 Å². The van der Waals surface area contributed by atoms with Crippen LogP contribution in [0.2, 0.25) is 0 Å². The molecule has 0 heterocycles. The van der Waals surface area contributed by atoms with E-state index in [0.29, 0.717) is 0 Å². The van der Waals surface area contributed by atoms with Crippen molar-refractivity contribution in [1.82, 2.24) is 0 Å². The van der Waals surface area contributed by atoms with Crippen molar-refractivity contribution in [3.05, 3.63) is 0 Å². The maximum Gasteiger partial charge on any atom is -0.0334 e. The van der Waals surface area contributed by atoms with Gasteiger partial charge in [0, 0.05) is 0 Å². The van der Waals surface area contributed by atoms with Crippen molar-refractivity contribution in [3.63, 3.8) is 0 Å². The molecular formula is C13H24. The molecule has 0 nitrogen and oxygen atoms in total. The molecule has 2 fully saturated rings. The molecule has 1 atom stereocenters. The van der Waals surface area contributed by atoms with E-state index in [1.807, 2.05) is 0 Å². The van der Waals surface area contributed by atoms with Gasteiger partial charge in [-0.1, -0.05) is 46.0 Å². The van der Waals surface area contributed by atoms with Crippen LogP contribution in [0.25, 0.3) is 0 Å². The summed E-state index contributed by atoms with van der Waals surface area (Å²) in [5.41, 5.74) is 0. The third kappa shape index (κ3) is 2.27. The Balaban J connectivity index is 1.92. The van der Waals surface area contributed by atoms with Gasteiger partial charge < -0.3 is 0 Å². The quantitative estimate of drug-likeness (QED) is 0.609. The summed E-state index contributed by atoms with van der Waals surface area (Å²) in [7, 11) is 0. The van der Waals surface area contributed by atoms with Crippen LogP contribution in [0.15, 0.2) is 0 Å². The van der Waals surface area contributed by atoms with Gasteiger partial charge in [0.05, 0.1) is 0 Å². The first kappa shape index (κ1) is 9.55. The Morgan fingerprint density at radius 2 is 1.31 bits per heavy atom. The Bertz CT molecular complexity index is 147. The van der Waals surface area contributed by atoms with Crippen LogP contribution in [0.3, 0.4) is 0 Å². The van der Waals surface area contributed by atoms with Crippen LogP contribution in [-0.2, 0) is 0 Å². The van der Waals surface area contributed by atoms with E-state index in [1.54, 1.807) is 25.7 Å². The van der Waals surface area contributed by atoms with Crippen LogP contribution in [0, 0.1) is 23.7 Å². The van der Waals surface area contributed by atoms with E-state index in [-0.39, 0.29) is 0 Å². The minimum absolute atomic E-state index is 0.940. The molecule has 2 rings (SSSR count). The normalized spacial score (nSPS) is 27.9. The molecule has 76 valence electrons. The van der Waals surface area contributed by atoms with Crippen LogP contribution in [-0.4, -0.2) is 0 Å². The first-order chi connectivity index (χ1) is 6.29. The average molecular weight is 180 g/mol. The van der Waals surface area contributed by atoms with Crippen molar-refractivity contribution in [2.24, 2.45) is 23.7 Å². The van der Waals surface area contributed by atoms with Crippen LogP contribution in [0.4, 0.5) is 0 Å². The second-order valence-corrected chi connectivity index (χ2v) is 5.56. The highest BCUT2D eigenvalue weighted by atomic mass is 14.4. The maximum atomic E-state index is 2.44. The lowest BCUT2D eigenvalue weighted by Crippen LogP contribution is -2.24. The monoisotopic (exact) mass is 180 g/mol. The Hall–Kier alpha value is 0. The van der Waals surface area contributed by atoms with E-state index < -0.39 is 0 Å². The molecule has 0 bridgehead atoms. The molecule has 0 aromatic heterocycles. The first-order valence-electron chi connectivity index (χ1n) is 6.29. The summed E-state index contributed by atoms with van der Waals surface area (Å²) in [6, 6.07) is 0.